The van der Waals surface area contributed by atoms with Gasteiger partial charge in [0.25, 0.3) is 5.91 Å². The molecule has 1 atom stereocenters. The summed E-state index contributed by atoms with van der Waals surface area (Å²) in [7, 11) is 0. The van der Waals surface area contributed by atoms with Crippen molar-refractivity contribution in [1.82, 2.24) is 10.2 Å². The van der Waals surface area contributed by atoms with Gasteiger partial charge in [-0.2, -0.15) is 0 Å². The van der Waals surface area contributed by atoms with Crippen LogP contribution in [0.1, 0.15) is 37.2 Å². The first-order valence-electron chi connectivity index (χ1n) is 10.3. The molecule has 0 aromatic heterocycles. The average Bonchev–Trinajstić information content (AvgIpc) is 3.08. The lowest BCUT2D eigenvalue weighted by Crippen LogP contribution is -2.84. The zero-order chi connectivity index (χ0) is 22.7. The maximum absolute atomic E-state index is 13.8. The molecule has 3 aliphatic carbocycles. The minimum atomic E-state index is -0.610. The van der Waals surface area contributed by atoms with E-state index in [-0.39, 0.29) is 51.2 Å². The number of nitrogens with one attached hydrogen (secondary N) is 1. The number of rotatable bonds is 6. The topological polar surface area (TPSA) is 58.6 Å². The van der Waals surface area contributed by atoms with Gasteiger partial charge in [-0.3, -0.25) is 9.59 Å². The molecule has 2 aromatic rings. The van der Waals surface area contributed by atoms with Gasteiger partial charge in [0.1, 0.15) is 17.4 Å². The Bertz CT molecular complexity index is 1110. The summed E-state index contributed by atoms with van der Waals surface area (Å²) in [6, 6.07) is 8.69. The quantitative estimate of drug-likeness (QED) is 0.663. The summed E-state index contributed by atoms with van der Waals surface area (Å²) in [4.78, 5) is 26.9. The predicted molar refractivity (Wildman–Crippen MR) is 115 cm³/mol. The Morgan fingerprint density at radius 1 is 1.09 bits per heavy atom. The molecule has 6 rings (SSSR count). The smallest absolute Gasteiger partial charge is 0.258 e. The third kappa shape index (κ3) is 3.61. The minimum Gasteiger partial charge on any atom is -0.484 e. The van der Waals surface area contributed by atoms with Gasteiger partial charge in [-0.05, 0) is 49.1 Å². The predicted octanol–water partition coefficient (Wildman–Crippen LogP) is 4.46. The summed E-state index contributed by atoms with van der Waals surface area (Å²) < 4.78 is 32.6. The summed E-state index contributed by atoms with van der Waals surface area (Å²) in [6.45, 7) is 0.303. The fourth-order valence-corrected chi connectivity index (χ4v) is 5.59. The van der Waals surface area contributed by atoms with Crippen molar-refractivity contribution in [3.05, 3.63) is 63.6 Å². The van der Waals surface area contributed by atoms with E-state index in [9.17, 15) is 18.4 Å². The molecule has 1 N–H and O–H groups in total. The van der Waals surface area contributed by atoms with Crippen LogP contribution in [0, 0.1) is 11.6 Å². The van der Waals surface area contributed by atoms with Crippen molar-refractivity contribution in [2.45, 2.75) is 42.7 Å². The van der Waals surface area contributed by atoms with Crippen LogP contribution in [0.3, 0.4) is 0 Å². The van der Waals surface area contributed by atoms with E-state index in [1.165, 1.54) is 24.3 Å². The zero-order valence-corrected chi connectivity index (χ0v) is 18.5. The molecule has 1 heterocycles. The molecule has 9 heteroatoms. The first kappa shape index (κ1) is 21.5. The largest absolute Gasteiger partial charge is 0.484 e. The van der Waals surface area contributed by atoms with Gasteiger partial charge in [-0.15, -0.1) is 0 Å². The molecule has 1 aliphatic heterocycles. The first-order valence-corrected chi connectivity index (χ1v) is 11.1. The van der Waals surface area contributed by atoms with Crippen LogP contribution in [-0.2, 0) is 9.59 Å². The molecule has 32 heavy (non-hydrogen) atoms. The third-order valence-electron chi connectivity index (χ3n) is 6.78. The van der Waals surface area contributed by atoms with Gasteiger partial charge in [0.15, 0.2) is 6.61 Å². The molecule has 5 nitrogen and oxygen atoms in total. The molecule has 2 amide bonds. The van der Waals surface area contributed by atoms with E-state index >= 15 is 0 Å². The van der Waals surface area contributed by atoms with Gasteiger partial charge < -0.3 is 15.0 Å². The Morgan fingerprint density at radius 3 is 2.41 bits per heavy atom. The Labute approximate surface area is 193 Å². The molecule has 4 aliphatic rings. The highest BCUT2D eigenvalue weighted by Crippen LogP contribution is 2.64. The summed E-state index contributed by atoms with van der Waals surface area (Å²) >= 11 is 11.4. The van der Waals surface area contributed by atoms with Crippen LogP contribution in [-0.4, -0.2) is 40.9 Å². The maximum atomic E-state index is 13.8. The SMILES string of the molecule is O=C(COc1ccc(Cl)c(F)c1)NC12CC(N3CC(c4ccc(Cl)c(F)c4)CC3=O)(C1)C2. The van der Waals surface area contributed by atoms with Crippen LogP contribution in [0.5, 0.6) is 5.75 Å². The number of benzene rings is 2. The second kappa shape index (κ2) is 7.59. The van der Waals surface area contributed by atoms with E-state index in [2.05, 4.69) is 5.32 Å². The number of likely N-dealkylation sites (tertiary alicyclic amines) is 1. The van der Waals surface area contributed by atoms with Gasteiger partial charge in [-0.25, -0.2) is 8.78 Å². The Hall–Kier alpha value is -2.38. The number of carbonyl (C=O) groups excluding carboxylic acids is 2. The number of hydrogen-bond donors (Lipinski definition) is 1. The fourth-order valence-electron chi connectivity index (χ4n) is 5.36. The molecular weight excluding hydrogens is 461 g/mol. The van der Waals surface area contributed by atoms with Crippen molar-refractivity contribution in [1.29, 1.82) is 0 Å². The van der Waals surface area contributed by atoms with Crippen LogP contribution in [0.4, 0.5) is 8.78 Å². The van der Waals surface area contributed by atoms with Crippen molar-refractivity contribution in [3.8, 4) is 5.75 Å². The number of amides is 2. The van der Waals surface area contributed by atoms with Gasteiger partial charge >= 0.3 is 0 Å². The number of ether oxygens (including phenoxy) is 1. The number of nitrogens with zero attached hydrogens (tertiary/aromatic N) is 1. The second-order valence-electron chi connectivity index (χ2n) is 9.03. The van der Waals surface area contributed by atoms with E-state index < -0.39 is 11.6 Å². The lowest BCUT2D eigenvalue weighted by molar-refractivity contribution is -0.186. The summed E-state index contributed by atoms with van der Waals surface area (Å²) in [5.41, 5.74) is 0.217. The summed E-state index contributed by atoms with van der Waals surface area (Å²) in [6.07, 6.45) is 2.41. The van der Waals surface area contributed by atoms with Crippen molar-refractivity contribution in [3.63, 3.8) is 0 Å². The van der Waals surface area contributed by atoms with Gasteiger partial charge in [0.05, 0.1) is 10.0 Å². The first-order chi connectivity index (χ1) is 15.2. The van der Waals surface area contributed by atoms with E-state index in [0.29, 0.717) is 32.2 Å². The van der Waals surface area contributed by atoms with E-state index in [4.69, 9.17) is 27.9 Å². The molecule has 2 aromatic carbocycles. The standard InChI is InChI=1S/C23H20Cl2F2N2O3/c24-16-3-1-13(5-18(16)26)14-6-21(31)29(8-14)23-10-22(11-23,12-23)28-20(30)9-32-15-2-4-17(25)19(27)7-15/h1-5,7,14H,6,8-12H2,(H,28,30). The van der Waals surface area contributed by atoms with Crippen LogP contribution < -0.4 is 10.1 Å². The third-order valence-corrected chi connectivity index (χ3v) is 7.39. The van der Waals surface area contributed by atoms with Gasteiger partial charge in [0.2, 0.25) is 5.91 Å². The number of halogens is 4. The van der Waals surface area contributed by atoms with Gasteiger partial charge in [0, 0.05) is 36.0 Å². The summed E-state index contributed by atoms with van der Waals surface area (Å²) in [5.74, 6) is -1.17. The lowest BCUT2D eigenvalue weighted by Gasteiger charge is -2.73. The highest BCUT2D eigenvalue weighted by molar-refractivity contribution is 6.31. The van der Waals surface area contributed by atoms with Crippen LogP contribution >= 0.6 is 23.2 Å². The van der Waals surface area contributed by atoms with E-state index in [1.54, 1.807) is 6.07 Å². The highest BCUT2D eigenvalue weighted by Gasteiger charge is 2.72. The molecular formula is C23H20Cl2F2N2O3. The maximum Gasteiger partial charge on any atom is 0.258 e. The van der Waals surface area contributed by atoms with Crippen molar-refractivity contribution < 1.29 is 23.1 Å². The Morgan fingerprint density at radius 2 is 1.75 bits per heavy atom. The van der Waals surface area contributed by atoms with Crippen LogP contribution in [0.2, 0.25) is 10.0 Å². The molecule has 168 valence electrons. The second-order valence-corrected chi connectivity index (χ2v) is 9.84. The summed E-state index contributed by atoms with van der Waals surface area (Å²) in [5, 5.41) is 3.04. The van der Waals surface area contributed by atoms with Crippen LogP contribution in [0.15, 0.2) is 36.4 Å². The molecule has 4 fully saturated rings. The van der Waals surface area contributed by atoms with Gasteiger partial charge in [-0.1, -0.05) is 29.3 Å². The van der Waals surface area contributed by atoms with E-state index in [1.807, 2.05) is 4.90 Å². The zero-order valence-electron chi connectivity index (χ0n) is 17.0. The normalized spacial score (nSPS) is 28.2. The molecule has 0 spiro atoms. The van der Waals surface area contributed by atoms with Crippen molar-refractivity contribution in [2.24, 2.45) is 0 Å². The van der Waals surface area contributed by atoms with Crippen LogP contribution in [0.25, 0.3) is 0 Å². The molecule has 3 saturated carbocycles. The fraction of sp³-hybridized carbons (Fsp3) is 0.391. The molecule has 2 bridgehead atoms. The average molecular weight is 481 g/mol. The minimum absolute atomic E-state index is 0.0131. The lowest BCUT2D eigenvalue weighted by atomic mass is 9.43. The molecule has 1 unspecified atom stereocenters. The molecule has 0 radical (unpaired) electrons. The Kier molecular flexibility index (Phi) is 5.09. The highest BCUT2D eigenvalue weighted by atomic mass is 35.5. The Balaban J connectivity index is 1.14. The number of carbonyl (C=O) groups is 2. The van der Waals surface area contributed by atoms with Crippen molar-refractivity contribution >= 4 is 35.0 Å². The van der Waals surface area contributed by atoms with Crippen molar-refractivity contribution in [2.75, 3.05) is 13.2 Å². The number of hydrogen-bond acceptors (Lipinski definition) is 3. The monoisotopic (exact) mass is 480 g/mol. The molecule has 1 saturated heterocycles. The van der Waals surface area contributed by atoms with E-state index in [0.717, 1.165) is 11.6 Å².